The maximum Gasteiger partial charge on any atom is 0.310 e. The second kappa shape index (κ2) is 16.2. The number of fused-ring (bicyclic) bond motifs is 3. The molecule has 2 bridgehead atoms. The normalized spacial score (nSPS) is 37.9. The van der Waals surface area contributed by atoms with Crippen LogP contribution in [0.1, 0.15) is 119 Å². The molecule has 9 heteroatoms. The number of carbonyl (C=O) groups excluding carboxylic acids is 1. The summed E-state index contributed by atoms with van der Waals surface area (Å²) in [5.74, 6) is 1.04. The number of esters is 1. The number of rotatable bonds is 13. The van der Waals surface area contributed by atoms with Crippen LogP contribution < -0.4 is 4.72 Å². The lowest BCUT2D eigenvalue weighted by Gasteiger charge is -2.71. The number of methoxy groups -OCH3 is 1. The van der Waals surface area contributed by atoms with Gasteiger partial charge in [0.25, 0.3) is 0 Å². The molecule has 332 valence electrons. The number of aryl methyl sites for hydroxylation is 1. The standard InChI is InChI=1S/C51H75NO7S/c1-33(2)36(6)46(7)26-27-48(9)39-22-23-42-47(8)30-57-32-51(42,40(39)24-25-49(48,10)43(46)45(53)58-29-37-16-14-13-15-17-37)28-41(56-12)44(47)59-31-50(11,34(3)4)52-60(54,55)38-20-18-35(5)19-21-38/h13-21,24,33-34,36,39,41-44,52H,22-23,25-32H2,1-12H3/t36-,39+,41-,42+,43-,44+,46-,47+,48-,49+,50-,51+/m1/s1. The zero-order valence-corrected chi connectivity index (χ0v) is 39.5. The van der Waals surface area contributed by atoms with Crippen molar-refractivity contribution in [3.8, 4) is 0 Å². The highest BCUT2D eigenvalue weighted by atomic mass is 32.2. The maximum atomic E-state index is 14.8. The van der Waals surface area contributed by atoms with E-state index in [1.165, 1.54) is 5.57 Å². The first-order valence-corrected chi connectivity index (χ1v) is 24.3. The Labute approximate surface area is 362 Å². The average molecular weight is 846 g/mol. The van der Waals surface area contributed by atoms with Gasteiger partial charge in [-0.2, -0.15) is 0 Å². The van der Waals surface area contributed by atoms with Crippen LogP contribution in [0.5, 0.6) is 0 Å². The number of nitrogens with one attached hydrogen (secondary N) is 1. The summed E-state index contributed by atoms with van der Waals surface area (Å²) >= 11 is 0. The average Bonchev–Trinajstić information content (AvgIpc) is 3.19. The first kappa shape index (κ1) is 45.5. The van der Waals surface area contributed by atoms with Gasteiger partial charge in [-0.05, 0) is 116 Å². The highest BCUT2D eigenvalue weighted by Crippen LogP contribution is 2.75. The molecule has 4 aliphatic carbocycles. The van der Waals surface area contributed by atoms with Crippen molar-refractivity contribution in [2.45, 2.75) is 144 Å². The van der Waals surface area contributed by atoms with Gasteiger partial charge in [0.1, 0.15) is 6.61 Å². The van der Waals surface area contributed by atoms with Crippen LogP contribution in [-0.4, -0.2) is 59.1 Å². The molecule has 0 spiro atoms. The zero-order chi connectivity index (χ0) is 43.7. The van der Waals surface area contributed by atoms with E-state index in [0.29, 0.717) is 36.9 Å². The van der Waals surface area contributed by atoms with Gasteiger partial charge in [0.05, 0.1) is 48.4 Å². The minimum atomic E-state index is -3.80. The number of hydrogen-bond donors (Lipinski definition) is 1. The fraction of sp³-hybridized carbons (Fsp3) is 0.706. The molecule has 60 heavy (non-hydrogen) atoms. The van der Waals surface area contributed by atoms with Crippen LogP contribution >= 0.6 is 0 Å². The van der Waals surface area contributed by atoms with Crippen molar-refractivity contribution in [1.82, 2.24) is 4.72 Å². The Balaban J connectivity index is 1.20. The van der Waals surface area contributed by atoms with Crippen molar-refractivity contribution in [1.29, 1.82) is 0 Å². The van der Waals surface area contributed by atoms with Crippen LogP contribution in [0.25, 0.3) is 0 Å². The van der Waals surface area contributed by atoms with Gasteiger partial charge in [0, 0.05) is 17.9 Å². The third kappa shape index (κ3) is 7.26. The number of allylic oxidation sites excluding steroid dienone is 1. The van der Waals surface area contributed by atoms with E-state index >= 15 is 0 Å². The molecule has 0 unspecified atom stereocenters. The molecular formula is C51H75NO7S. The van der Waals surface area contributed by atoms with Crippen LogP contribution in [-0.2, 0) is 40.4 Å². The van der Waals surface area contributed by atoms with Crippen molar-refractivity contribution in [2.75, 3.05) is 26.9 Å². The monoisotopic (exact) mass is 846 g/mol. The Kier molecular flexibility index (Phi) is 12.3. The van der Waals surface area contributed by atoms with Crippen LogP contribution in [0.15, 0.2) is 71.1 Å². The molecular weight excluding hydrogens is 771 g/mol. The molecule has 12 atom stereocenters. The van der Waals surface area contributed by atoms with Crippen LogP contribution in [0.2, 0.25) is 0 Å². The zero-order valence-electron chi connectivity index (χ0n) is 38.7. The quantitative estimate of drug-likeness (QED) is 0.158. The van der Waals surface area contributed by atoms with Gasteiger partial charge >= 0.3 is 5.97 Å². The molecule has 7 rings (SSSR count). The Bertz CT molecular complexity index is 2020. The van der Waals surface area contributed by atoms with E-state index in [9.17, 15) is 13.2 Å². The van der Waals surface area contributed by atoms with Gasteiger partial charge in [-0.15, -0.1) is 0 Å². The number of ether oxygens (including phenoxy) is 4. The molecule has 8 nitrogen and oxygen atoms in total. The minimum absolute atomic E-state index is 0.0463. The van der Waals surface area contributed by atoms with E-state index < -0.39 is 15.6 Å². The number of benzene rings is 2. The van der Waals surface area contributed by atoms with Gasteiger partial charge in [0.2, 0.25) is 10.0 Å². The summed E-state index contributed by atoms with van der Waals surface area (Å²) in [6.07, 6.45) is 7.79. The predicted molar refractivity (Wildman–Crippen MR) is 237 cm³/mol. The molecule has 3 saturated carbocycles. The number of hydrogen-bond acceptors (Lipinski definition) is 7. The van der Waals surface area contributed by atoms with Crippen molar-refractivity contribution >= 4 is 16.0 Å². The summed E-state index contributed by atoms with van der Waals surface area (Å²) in [5.41, 5.74) is 1.45. The maximum absolute atomic E-state index is 14.8. The minimum Gasteiger partial charge on any atom is -0.461 e. The summed E-state index contributed by atoms with van der Waals surface area (Å²) < 4.78 is 57.2. The van der Waals surface area contributed by atoms with Crippen LogP contribution in [0.4, 0.5) is 0 Å². The molecule has 4 fully saturated rings. The molecule has 0 radical (unpaired) electrons. The molecule has 1 saturated heterocycles. The Hall–Kier alpha value is -2.56. The second-order valence-corrected chi connectivity index (χ2v) is 23.5. The van der Waals surface area contributed by atoms with E-state index in [1.807, 2.05) is 70.2 Å². The van der Waals surface area contributed by atoms with Crippen LogP contribution in [0, 0.1) is 69.5 Å². The largest absolute Gasteiger partial charge is 0.461 e. The SMILES string of the molecule is CO[C@@H]1C[C@@]23COC[C@@](C)([C@@H]2CC[C@H]2C3=CC[C@@]3(C)[C@H](C(=O)OCc4ccccc4)[C@@](C)([C@H](C)C(C)C)CC[C@]23C)[C@H]1OC[C@@](C)(NS(=O)(=O)c1ccc(C)cc1)C(C)C. The summed E-state index contributed by atoms with van der Waals surface area (Å²) in [6, 6.07) is 17.1. The summed E-state index contributed by atoms with van der Waals surface area (Å²) in [6.45, 7) is 26.3. The van der Waals surface area contributed by atoms with Gasteiger partial charge in [-0.3, -0.25) is 4.79 Å². The molecule has 5 aliphatic rings. The van der Waals surface area contributed by atoms with Gasteiger partial charge in [-0.25, -0.2) is 13.1 Å². The third-order valence-electron chi connectivity index (χ3n) is 18.1. The van der Waals surface area contributed by atoms with E-state index in [0.717, 1.165) is 49.7 Å². The molecule has 1 N–H and O–H groups in total. The van der Waals surface area contributed by atoms with Crippen molar-refractivity contribution in [3.63, 3.8) is 0 Å². The van der Waals surface area contributed by atoms with Crippen molar-refractivity contribution < 1.29 is 32.2 Å². The topological polar surface area (TPSA) is 100 Å². The molecule has 0 aromatic heterocycles. The fourth-order valence-electron chi connectivity index (χ4n) is 13.5. The summed E-state index contributed by atoms with van der Waals surface area (Å²) in [7, 11) is -2.00. The lowest BCUT2D eigenvalue weighted by atomic mass is 9.34. The number of carbonyl (C=O) groups is 1. The van der Waals surface area contributed by atoms with E-state index in [2.05, 4.69) is 59.3 Å². The first-order chi connectivity index (χ1) is 28.1. The van der Waals surface area contributed by atoms with Gasteiger partial charge in [0.15, 0.2) is 0 Å². The molecule has 2 aromatic rings. The highest BCUT2D eigenvalue weighted by molar-refractivity contribution is 7.89. The van der Waals surface area contributed by atoms with E-state index in [-0.39, 0.29) is 75.2 Å². The third-order valence-corrected chi connectivity index (χ3v) is 19.7. The Morgan fingerprint density at radius 3 is 2.25 bits per heavy atom. The van der Waals surface area contributed by atoms with E-state index in [4.69, 9.17) is 18.9 Å². The van der Waals surface area contributed by atoms with Crippen LogP contribution in [0.3, 0.4) is 0 Å². The number of sulfonamides is 1. The van der Waals surface area contributed by atoms with Gasteiger partial charge in [-0.1, -0.05) is 122 Å². The second-order valence-electron chi connectivity index (χ2n) is 21.8. The lowest BCUT2D eigenvalue weighted by Crippen LogP contribution is -2.70. The predicted octanol–water partition coefficient (Wildman–Crippen LogP) is 10.3. The fourth-order valence-corrected chi connectivity index (χ4v) is 15.0. The molecule has 2 aromatic carbocycles. The Morgan fingerprint density at radius 2 is 1.62 bits per heavy atom. The Morgan fingerprint density at radius 1 is 0.933 bits per heavy atom. The molecule has 1 heterocycles. The first-order valence-electron chi connectivity index (χ1n) is 22.9. The van der Waals surface area contributed by atoms with Crippen molar-refractivity contribution in [3.05, 3.63) is 77.4 Å². The van der Waals surface area contributed by atoms with E-state index in [1.54, 1.807) is 19.2 Å². The van der Waals surface area contributed by atoms with Gasteiger partial charge < -0.3 is 18.9 Å². The molecule has 0 amide bonds. The smallest absolute Gasteiger partial charge is 0.310 e. The molecule has 1 aliphatic heterocycles. The highest BCUT2D eigenvalue weighted by Gasteiger charge is 2.72. The lowest BCUT2D eigenvalue weighted by molar-refractivity contribution is -0.270. The van der Waals surface area contributed by atoms with Crippen molar-refractivity contribution in [2.24, 2.45) is 62.6 Å². The summed E-state index contributed by atoms with van der Waals surface area (Å²) in [5, 5.41) is 0. The summed E-state index contributed by atoms with van der Waals surface area (Å²) in [4.78, 5) is 15.1.